The third kappa shape index (κ3) is 4.81. The number of rotatable bonds is 8. The fourth-order valence-electron chi connectivity index (χ4n) is 2.71. The van der Waals surface area contributed by atoms with Gasteiger partial charge >= 0.3 is 11.9 Å². The van der Waals surface area contributed by atoms with Crippen LogP contribution in [0, 0.1) is 5.41 Å². The van der Waals surface area contributed by atoms with E-state index >= 15 is 0 Å². The van der Waals surface area contributed by atoms with Crippen LogP contribution in [0.25, 0.3) is 0 Å². The Morgan fingerprint density at radius 3 is 1.67 bits per heavy atom. The molecular weight excluding hydrogens is 304 g/mol. The van der Waals surface area contributed by atoms with E-state index in [1.54, 1.807) is 0 Å². The summed E-state index contributed by atoms with van der Waals surface area (Å²) in [5, 5.41) is 18.7. The van der Waals surface area contributed by atoms with Gasteiger partial charge in [0.05, 0.1) is 11.8 Å². The van der Waals surface area contributed by atoms with E-state index in [1.807, 2.05) is 60.7 Å². The van der Waals surface area contributed by atoms with Crippen LogP contribution in [0.1, 0.15) is 17.5 Å². The van der Waals surface area contributed by atoms with Crippen LogP contribution in [0.15, 0.2) is 72.8 Å². The number of carboxylic acids is 2. The molecule has 4 heteroatoms. The van der Waals surface area contributed by atoms with Gasteiger partial charge in [0.25, 0.3) is 0 Å². The molecule has 0 unspecified atom stereocenters. The van der Waals surface area contributed by atoms with Crippen LogP contribution in [0.4, 0.5) is 0 Å². The van der Waals surface area contributed by atoms with Crippen molar-refractivity contribution in [2.45, 2.75) is 19.3 Å². The minimum absolute atomic E-state index is 0.196. The van der Waals surface area contributed by atoms with Gasteiger partial charge in [0.2, 0.25) is 0 Å². The molecule has 2 aromatic carbocycles. The van der Waals surface area contributed by atoms with Gasteiger partial charge in [-0.05, 0) is 24.0 Å². The average Bonchev–Trinajstić information content (AvgIpc) is 2.56. The molecule has 0 fully saturated rings. The van der Waals surface area contributed by atoms with Gasteiger partial charge < -0.3 is 10.2 Å². The highest BCUT2D eigenvalue weighted by molar-refractivity contribution is 5.78. The standard InChI is InChI=1S/C20H20O4/c21-18(22)12-7-13-20(19(23)24,14-16-8-3-1-4-9-16)15-17-10-5-2-6-11-17/h1-11,13H,12,14-15H2,(H,21,22)(H,23,24)/b13-7+. The van der Waals surface area contributed by atoms with Crippen LogP contribution in [0.3, 0.4) is 0 Å². The Hall–Kier alpha value is -2.88. The van der Waals surface area contributed by atoms with Gasteiger partial charge in [-0.3, -0.25) is 9.59 Å². The summed E-state index contributed by atoms with van der Waals surface area (Å²) in [7, 11) is 0. The molecule has 0 bridgehead atoms. The van der Waals surface area contributed by atoms with Crippen LogP contribution in [0.2, 0.25) is 0 Å². The molecule has 0 aliphatic carbocycles. The second kappa shape index (κ2) is 8.11. The van der Waals surface area contributed by atoms with Crippen LogP contribution in [-0.2, 0) is 22.4 Å². The van der Waals surface area contributed by atoms with E-state index in [0.29, 0.717) is 12.8 Å². The molecule has 0 spiro atoms. The first-order valence-electron chi connectivity index (χ1n) is 7.72. The van der Waals surface area contributed by atoms with Gasteiger partial charge in [0.1, 0.15) is 0 Å². The lowest BCUT2D eigenvalue weighted by Gasteiger charge is -2.26. The number of carbonyl (C=O) groups is 2. The summed E-state index contributed by atoms with van der Waals surface area (Å²) in [6, 6.07) is 18.8. The normalized spacial score (nSPS) is 11.5. The number of hydrogen-bond acceptors (Lipinski definition) is 2. The molecular formula is C20H20O4. The smallest absolute Gasteiger partial charge is 0.314 e. The van der Waals surface area contributed by atoms with E-state index in [1.165, 1.54) is 12.2 Å². The molecule has 0 aliphatic heterocycles. The largest absolute Gasteiger partial charge is 0.481 e. The summed E-state index contributed by atoms with van der Waals surface area (Å²) in [6.07, 6.45) is 3.37. The molecule has 0 atom stereocenters. The van der Waals surface area contributed by atoms with Crippen molar-refractivity contribution < 1.29 is 19.8 Å². The Bertz CT molecular complexity index is 663. The van der Waals surface area contributed by atoms with Crippen molar-refractivity contribution in [2.24, 2.45) is 5.41 Å². The fraction of sp³-hybridized carbons (Fsp3) is 0.200. The molecule has 2 rings (SSSR count). The second-order valence-electron chi connectivity index (χ2n) is 5.79. The number of carboxylic acid groups (broad SMARTS) is 2. The van der Waals surface area contributed by atoms with Gasteiger partial charge in [0.15, 0.2) is 0 Å². The van der Waals surface area contributed by atoms with Gasteiger partial charge in [-0.25, -0.2) is 0 Å². The molecule has 4 nitrogen and oxygen atoms in total. The van der Waals surface area contributed by atoms with Gasteiger partial charge in [0, 0.05) is 0 Å². The zero-order chi connectivity index (χ0) is 17.4. The first-order chi connectivity index (χ1) is 11.5. The maximum Gasteiger partial charge on any atom is 0.314 e. The highest BCUT2D eigenvalue weighted by atomic mass is 16.4. The van der Waals surface area contributed by atoms with Crippen molar-refractivity contribution in [1.82, 2.24) is 0 Å². The molecule has 24 heavy (non-hydrogen) atoms. The van der Waals surface area contributed by atoms with Crippen molar-refractivity contribution in [1.29, 1.82) is 0 Å². The highest BCUT2D eigenvalue weighted by Gasteiger charge is 2.36. The lowest BCUT2D eigenvalue weighted by Crippen LogP contribution is -2.34. The molecule has 2 N–H and O–H groups in total. The lowest BCUT2D eigenvalue weighted by molar-refractivity contribution is -0.146. The molecule has 0 heterocycles. The topological polar surface area (TPSA) is 74.6 Å². The lowest BCUT2D eigenvalue weighted by atomic mass is 9.76. The number of aliphatic carboxylic acids is 2. The van der Waals surface area contributed by atoms with Crippen LogP contribution in [0.5, 0.6) is 0 Å². The Morgan fingerprint density at radius 2 is 1.29 bits per heavy atom. The maximum atomic E-state index is 12.1. The Labute approximate surface area is 141 Å². The van der Waals surface area contributed by atoms with E-state index in [9.17, 15) is 14.7 Å². The molecule has 0 aromatic heterocycles. The van der Waals surface area contributed by atoms with Crippen LogP contribution >= 0.6 is 0 Å². The van der Waals surface area contributed by atoms with E-state index in [0.717, 1.165) is 11.1 Å². The second-order valence-corrected chi connectivity index (χ2v) is 5.79. The monoisotopic (exact) mass is 324 g/mol. The minimum atomic E-state index is -1.18. The summed E-state index contributed by atoms with van der Waals surface area (Å²) in [5.41, 5.74) is 0.615. The SMILES string of the molecule is O=C(O)C/C=C/C(Cc1ccccc1)(Cc1ccccc1)C(=O)O. The molecule has 0 amide bonds. The highest BCUT2D eigenvalue weighted by Crippen LogP contribution is 2.30. The maximum absolute atomic E-state index is 12.1. The molecule has 2 aromatic rings. The molecule has 0 aliphatic rings. The number of benzene rings is 2. The summed E-state index contributed by atoms with van der Waals surface area (Å²) in [4.78, 5) is 22.9. The molecule has 0 radical (unpaired) electrons. The van der Waals surface area contributed by atoms with Crippen molar-refractivity contribution in [3.8, 4) is 0 Å². The minimum Gasteiger partial charge on any atom is -0.481 e. The predicted octanol–water partition coefficient (Wildman–Crippen LogP) is 3.57. The van der Waals surface area contributed by atoms with Crippen molar-refractivity contribution in [2.75, 3.05) is 0 Å². The van der Waals surface area contributed by atoms with E-state index < -0.39 is 17.4 Å². The molecule has 0 saturated heterocycles. The van der Waals surface area contributed by atoms with E-state index in [4.69, 9.17) is 5.11 Å². The quantitative estimate of drug-likeness (QED) is 0.728. The molecule has 0 saturated carbocycles. The van der Waals surface area contributed by atoms with E-state index in [2.05, 4.69) is 0 Å². The van der Waals surface area contributed by atoms with E-state index in [-0.39, 0.29) is 6.42 Å². The van der Waals surface area contributed by atoms with Crippen molar-refractivity contribution in [3.63, 3.8) is 0 Å². The van der Waals surface area contributed by atoms with Crippen molar-refractivity contribution >= 4 is 11.9 Å². The first-order valence-corrected chi connectivity index (χ1v) is 7.72. The Balaban J connectivity index is 2.37. The zero-order valence-electron chi connectivity index (χ0n) is 13.3. The van der Waals surface area contributed by atoms with Crippen molar-refractivity contribution in [3.05, 3.63) is 83.9 Å². The first kappa shape index (κ1) is 17.5. The predicted molar refractivity (Wildman–Crippen MR) is 91.8 cm³/mol. The summed E-state index contributed by atoms with van der Waals surface area (Å²) in [5.74, 6) is -1.94. The van der Waals surface area contributed by atoms with Gasteiger partial charge in [-0.1, -0.05) is 72.8 Å². The summed E-state index contributed by atoms with van der Waals surface area (Å²) in [6.45, 7) is 0. The Morgan fingerprint density at radius 1 is 0.833 bits per heavy atom. The average molecular weight is 324 g/mol. The third-order valence-electron chi connectivity index (χ3n) is 3.88. The van der Waals surface area contributed by atoms with Gasteiger partial charge in [-0.15, -0.1) is 0 Å². The number of hydrogen-bond donors (Lipinski definition) is 2. The van der Waals surface area contributed by atoms with Crippen LogP contribution in [-0.4, -0.2) is 22.2 Å². The molecule has 124 valence electrons. The third-order valence-corrected chi connectivity index (χ3v) is 3.88. The summed E-state index contributed by atoms with van der Waals surface area (Å²) >= 11 is 0. The van der Waals surface area contributed by atoms with Crippen LogP contribution < -0.4 is 0 Å². The van der Waals surface area contributed by atoms with Gasteiger partial charge in [-0.2, -0.15) is 0 Å². The fourth-order valence-corrected chi connectivity index (χ4v) is 2.71. The summed E-state index contributed by atoms with van der Waals surface area (Å²) < 4.78 is 0. The zero-order valence-corrected chi connectivity index (χ0v) is 13.3. The Kier molecular flexibility index (Phi) is 5.90.